The Labute approximate surface area is 113 Å². The molecule has 0 radical (unpaired) electrons. The molecule has 0 amide bonds. The molecule has 0 unspecified atom stereocenters. The number of methoxy groups -OCH3 is 1. The van der Waals surface area contributed by atoms with E-state index in [1.165, 1.54) is 29.5 Å². The first-order chi connectivity index (χ1) is 9.30. The third-order valence-corrected chi connectivity index (χ3v) is 4.62. The van der Waals surface area contributed by atoms with Gasteiger partial charge in [0, 0.05) is 5.56 Å². The fraction of sp³-hybridized carbons (Fsp3) is 0.562. The van der Waals surface area contributed by atoms with Gasteiger partial charge in [-0.05, 0) is 62.1 Å². The molecule has 1 aromatic carbocycles. The number of benzene rings is 1. The smallest absolute Gasteiger partial charge is 0.235 e. The second kappa shape index (κ2) is 4.82. The third kappa shape index (κ3) is 1.89. The van der Waals surface area contributed by atoms with Gasteiger partial charge < -0.3 is 4.74 Å². The van der Waals surface area contributed by atoms with Crippen LogP contribution in [-0.4, -0.2) is 13.2 Å². The Hall–Kier alpha value is -1.60. The number of hydrogen-bond donors (Lipinski definition) is 0. The Kier molecular flexibility index (Phi) is 3.16. The molecule has 0 heterocycles. The lowest BCUT2D eigenvalue weighted by atomic mass is 9.68. The zero-order chi connectivity index (χ0) is 13.3. The van der Waals surface area contributed by atoms with Gasteiger partial charge in [0.1, 0.15) is 11.3 Å². The summed E-state index contributed by atoms with van der Waals surface area (Å²) >= 11 is 0. The van der Waals surface area contributed by atoms with Gasteiger partial charge in [0.2, 0.25) is 6.08 Å². The van der Waals surface area contributed by atoms with Crippen molar-refractivity contribution >= 4 is 6.08 Å². The molecule has 0 aliphatic heterocycles. The van der Waals surface area contributed by atoms with Crippen LogP contribution in [0.25, 0.3) is 0 Å². The van der Waals surface area contributed by atoms with E-state index in [0.29, 0.717) is 0 Å². The molecular weight excluding hydrogens is 238 g/mol. The molecule has 19 heavy (non-hydrogen) atoms. The van der Waals surface area contributed by atoms with E-state index < -0.39 is 0 Å². The van der Waals surface area contributed by atoms with E-state index in [1.807, 2.05) is 6.07 Å². The van der Waals surface area contributed by atoms with Gasteiger partial charge in [-0.2, -0.15) is 4.99 Å². The summed E-state index contributed by atoms with van der Waals surface area (Å²) in [5.41, 5.74) is 3.61. The second-order valence-electron chi connectivity index (χ2n) is 5.58. The molecular formula is C16H19NO2. The average Bonchev–Trinajstić information content (AvgIpc) is 2.42. The summed E-state index contributed by atoms with van der Waals surface area (Å²) in [6, 6.07) is 4.22. The number of isocyanates is 1. The molecule has 3 heteroatoms. The maximum atomic E-state index is 10.8. The van der Waals surface area contributed by atoms with Gasteiger partial charge >= 0.3 is 0 Å². The van der Waals surface area contributed by atoms with Crippen molar-refractivity contribution in [3.05, 3.63) is 28.8 Å². The zero-order valence-corrected chi connectivity index (χ0v) is 11.4. The molecule has 3 rings (SSSR count). The van der Waals surface area contributed by atoms with Crippen LogP contribution in [-0.2, 0) is 23.2 Å². The first-order valence-electron chi connectivity index (χ1n) is 7.09. The number of nitrogens with zero attached hydrogens (tertiary/aromatic N) is 1. The van der Waals surface area contributed by atoms with Crippen LogP contribution < -0.4 is 4.74 Å². The van der Waals surface area contributed by atoms with Gasteiger partial charge in [-0.1, -0.05) is 6.07 Å². The molecule has 1 aromatic rings. The summed E-state index contributed by atoms with van der Waals surface area (Å²) in [6.07, 6.45) is 9.47. The van der Waals surface area contributed by atoms with E-state index in [-0.39, 0.29) is 5.54 Å². The minimum Gasteiger partial charge on any atom is -0.496 e. The van der Waals surface area contributed by atoms with E-state index in [0.717, 1.165) is 37.9 Å². The van der Waals surface area contributed by atoms with Crippen LogP contribution in [0.5, 0.6) is 5.75 Å². The summed E-state index contributed by atoms with van der Waals surface area (Å²) in [4.78, 5) is 15.0. The quantitative estimate of drug-likeness (QED) is 0.615. The molecule has 0 saturated heterocycles. The molecule has 100 valence electrons. The summed E-state index contributed by atoms with van der Waals surface area (Å²) < 4.78 is 5.55. The number of rotatable bonds is 3. The van der Waals surface area contributed by atoms with E-state index in [4.69, 9.17) is 4.74 Å². The topological polar surface area (TPSA) is 38.7 Å². The summed E-state index contributed by atoms with van der Waals surface area (Å²) in [5.74, 6) is 0.888. The molecule has 2 aliphatic rings. The standard InChI is InChI=1S/C16H19NO2/c1-19-14-8-7-12-5-2-3-6-13(12)15(14)16(17-11-18)9-4-10-16/h7-8H,2-6,9-10H2,1H3. The molecule has 0 aromatic heterocycles. The van der Waals surface area contributed by atoms with Crippen LogP contribution in [0, 0.1) is 0 Å². The second-order valence-corrected chi connectivity index (χ2v) is 5.58. The van der Waals surface area contributed by atoms with Crippen molar-refractivity contribution in [2.24, 2.45) is 4.99 Å². The minimum absolute atomic E-state index is 0.351. The SMILES string of the molecule is COc1ccc2c(c1C1(N=C=O)CCC1)CCCC2. The van der Waals surface area contributed by atoms with Crippen molar-refractivity contribution in [1.82, 2.24) is 0 Å². The highest BCUT2D eigenvalue weighted by atomic mass is 16.5. The number of aryl methyl sites for hydroxylation is 1. The van der Waals surface area contributed by atoms with Crippen molar-refractivity contribution in [2.75, 3.05) is 7.11 Å². The lowest BCUT2D eigenvalue weighted by Gasteiger charge is -2.40. The number of ether oxygens (including phenoxy) is 1. The molecule has 1 fully saturated rings. The first kappa shape index (κ1) is 12.4. The van der Waals surface area contributed by atoms with Crippen molar-refractivity contribution in [3.8, 4) is 5.75 Å². The van der Waals surface area contributed by atoms with Crippen LogP contribution >= 0.6 is 0 Å². The van der Waals surface area contributed by atoms with Gasteiger partial charge in [0.05, 0.1) is 7.11 Å². The average molecular weight is 257 g/mol. The Morgan fingerprint density at radius 1 is 1.21 bits per heavy atom. The summed E-state index contributed by atoms with van der Waals surface area (Å²) in [5, 5.41) is 0. The van der Waals surface area contributed by atoms with Crippen molar-refractivity contribution < 1.29 is 9.53 Å². The normalized spacial score (nSPS) is 19.8. The van der Waals surface area contributed by atoms with Gasteiger partial charge in [-0.3, -0.25) is 0 Å². The van der Waals surface area contributed by atoms with Crippen molar-refractivity contribution in [1.29, 1.82) is 0 Å². The molecule has 2 aliphatic carbocycles. The zero-order valence-electron chi connectivity index (χ0n) is 11.4. The maximum absolute atomic E-state index is 10.8. The number of carbonyl (C=O) groups excluding carboxylic acids is 1. The van der Waals surface area contributed by atoms with Gasteiger partial charge in [0.25, 0.3) is 0 Å². The van der Waals surface area contributed by atoms with E-state index in [2.05, 4.69) is 11.1 Å². The van der Waals surface area contributed by atoms with Crippen LogP contribution in [0.2, 0.25) is 0 Å². The molecule has 0 N–H and O–H groups in total. The molecule has 0 bridgehead atoms. The molecule has 0 spiro atoms. The Bertz CT molecular complexity index is 540. The predicted octanol–water partition coefficient (Wildman–Crippen LogP) is 3.29. The molecule has 3 nitrogen and oxygen atoms in total. The van der Waals surface area contributed by atoms with Gasteiger partial charge in [-0.25, -0.2) is 4.79 Å². The van der Waals surface area contributed by atoms with Gasteiger partial charge in [0.15, 0.2) is 0 Å². The van der Waals surface area contributed by atoms with Crippen molar-refractivity contribution in [3.63, 3.8) is 0 Å². The lowest BCUT2D eigenvalue weighted by molar-refractivity contribution is 0.243. The number of aliphatic imine (C=N–C) groups is 1. The summed E-state index contributed by atoms with van der Waals surface area (Å²) in [6.45, 7) is 0. The minimum atomic E-state index is -0.351. The van der Waals surface area contributed by atoms with Crippen LogP contribution in [0.4, 0.5) is 0 Å². The van der Waals surface area contributed by atoms with Gasteiger partial charge in [-0.15, -0.1) is 0 Å². The van der Waals surface area contributed by atoms with Crippen LogP contribution in [0.15, 0.2) is 17.1 Å². The fourth-order valence-electron chi connectivity index (χ4n) is 3.50. The van der Waals surface area contributed by atoms with E-state index in [1.54, 1.807) is 13.2 Å². The number of fused-ring (bicyclic) bond motifs is 1. The lowest BCUT2D eigenvalue weighted by Crippen LogP contribution is -2.34. The highest BCUT2D eigenvalue weighted by Crippen LogP contribution is 2.50. The third-order valence-electron chi connectivity index (χ3n) is 4.62. The Morgan fingerprint density at radius 2 is 2.00 bits per heavy atom. The molecule has 1 saturated carbocycles. The number of hydrogen-bond acceptors (Lipinski definition) is 3. The highest BCUT2D eigenvalue weighted by molar-refractivity contribution is 5.53. The highest BCUT2D eigenvalue weighted by Gasteiger charge is 2.43. The van der Waals surface area contributed by atoms with Crippen molar-refractivity contribution in [2.45, 2.75) is 50.5 Å². The monoisotopic (exact) mass is 257 g/mol. The first-order valence-corrected chi connectivity index (χ1v) is 7.09. The predicted molar refractivity (Wildman–Crippen MR) is 73.3 cm³/mol. The van der Waals surface area contributed by atoms with Crippen LogP contribution in [0.1, 0.15) is 48.8 Å². The largest absolute Gasteiger partial charge is 0.496 e. The maximum Gasteiger partial charge on any atom is 0.235 e. The summed E-state index contributed by atoms with van der Waals surface area (Å²) in [7, 11) is 1.70. The van der Waals surface area contributed by atoms with E-state index in [9.17, 15) is 4.79 Å². The van der Waals surface area contributed by atoms with E-state index >= 15 is 0 Å². The van der Waals surface area contributed by atoms with Crippen LogP contribution in [0.3, 0.4) is 0 Å². The fourth-order valence-corrected chi connectivity index (χ4v) is 3.50. The Balaban J connectivity index is 2.19. The molecule has 0 atom stereocenters. The Morgan fingerprint density at radius 3 is 2.63 bits per heavy atom.